The van der Waals surface area contributed by atoms with E-state index in [4.69, 9.17) is 4.74 Å². The molecule has 1 saturated heterocycles. The highest BCUT2D eigenvalue weighted by Crippen LogP contribution is 2.17. The topological polar surface area (TPSA) is 54.5 Å². The fourth-order valence-corrected chi connectivity index (χ4v) is 2.36. The van der Waals surface area contributed by atoms with Crippen LogP contribution in [0.5, 0.6) is 0 Å². The molecule has 0 spiro atoms. The number of ether oxygens (including phenoxy) is 1. The Balaban J connectivity index is 1.95. The summed E-state index contributed by atoms with van der Waals surface area (Å²) in [4.78, 5) is 18.6. The number of nitrogens with one attached hydrogen (secondary N) is 1. The fourth-order valence-electron chi connectivity index (χ4n) is 2.36. The van der Waals surface area contributed by atoms with Gasteiger partial charge in [0.25, 0.3) is 0 Å². The number of carbonyl (C=O) groups is 1. The average Bonchev–Trinajstić information content (AvgIpc) is 2.50. The van der Waals surface area contributed by atoms with Crippen molar-refractivity contribution >= 4 is 17.4 Å². The van der Waals surface area contributed by atoms with E-state index < -0.39 is 0 Å². The summed E-state index contributed by atoms with van der Waals surface area (Å²) in [6.07, 6.45) is 3.52. The van der Waals surface area contributed by atoms with Gasteiger partial charge in [0.1, 0.15) is 5.82 Å². The molecule has 0 radical (unpaired) electrons. The number of pyridine rings is 1. The first kappa shape index (κ1) is 14.8. The Morgan fingerprint density at radius 1 is 1.35 bits per heavy atom. The van der Waals surface area contributed by atoms with Crippen LogP contribution in [0.15, 0.2) is 18.3 Å². The Morgan fingerprint density at radius 3 is 2.60 bits per heavy atom. The zero-order valence-corrected chi connectivity index (χ0v) is 12.3. The molecule has 0 atom stereocenters. The summed E-state index contributed by atoms with van der Waals surface area (Å²) in [7, 11) is 0. The maximum Gasteiger partial charge on any atom is 0.228 e. The second-order valence-corrected chi connectivity index (χ2v) is 5.00. The Hall–Kier alpha value is -1.62. The summed E-state index contributed by atoms with van der Waals surface area (Å²) < 4.78 is 5.33. The monoisotopic (exact) mass is 277 g/mol. The molecule has 1 N–H and O–H groups in total. The molecular formula is C15H23N3O2. The van der Waals surface area contributed by atoms with E-state index in [1.165, 1.54) is 0 Å². The third-order valence-electron chi connectivity index (χ3n) is 3.73. The molecule has 2 heterocycles. The van der Waals surface area contributed by atoms with Crippen LogP contribution >= 0.6 is 0 Å². The molecule has 0 saturated carbocycles. The molecule has 110 valence electrons. The van der Waals surface area contributed by atoms with Crippen LogP contribution < -0.4 is 10.2 Å². The van der Waals surface area contributed by atoms with Gasteiger partial charge < -0.3 is 15.0 Å². The van der Waals surface area contributed by atoms with E-state index in [-0.39, 0.29) is 11.8 Å². The van der Waals surface area contributed by atoms with Gasteiger partial charge in [-0.15, -0.1) is 0 Å². The SMILES string of the molecule is CCC(CC)C(=O)Nc1ccc(N2CCOCC2)cn1. The molecule has 5 nitrogen and oxygen atoms in total. The van der Waals surface area contributed by atoms with E-state index >= 15 is 0 Å². The third-order valence-corrected chi connectivity index (χ3v) is 3.73. The van der Waals surface area contributed by atoms with Gasteiger partial charge in [0, 0.05) is 19.0 Å². The minimum absolute atomic E-state index is 0.0571. The van der Waals surface area contributed by atoms with Crippen LogP contribution in [0.2, 0.25) is 0 Å². The van der Waals surface area contributed by atoms with Crippen LogP contribution in [0, 0.1) is 5.92 Å². The predicted molar refractivity (Wildman–Crippen MR) is 80.0 cm³/mol. The quantitative estimate of drug-likeness (QED) is 0.897. The lowest BCUT2D eigenvalue weighted by molar-refractivity contribution is -0.120. The lowest BCUT2D eigenvalue weighted by Gasteiger charge is -2.28. The second kappa shape index (κ2) is 7.24. The molecule has 1 aliphatic rings. The van der Waals surface area contributed by atoms with Crippen molar-refractivity contribution in [3.05, 3.63) is 18.3 Å². The maximum absolute atomic E-state index is 12.0. The largest absolute Gasteiger partial charge is 0.378 e. The van der Waals surface area contributed by atoms with Gasteiger partial charge in [0.05, 0.1) is 25.1 Å². The summed E-state index contributed by atoms with van der Waals surface area (Å²) in [5.74, 6) is 0.747. The molecule has 0 bridgehead atoms. The molecule has 1 amide bonds. The van der Waals surface area contributed by atoms with Crippen molar-refractivity contribution in [2.24, 2.45) is 5.92 Å². The fraction of sp³-hybridized carbons (Fsp3) is 0.600. The number of carbonyl (C=O) groups excluding carboxylic acids is 1. The highest BCUT2D eigenvalue weighted by molar-refractivity contribution is 5.91. The summed E-state index contributed by atoms with van der Waals surface area (Å²) in [5.41, 5.74) is 1.08. The number of anilines is 2. The molecule has 20 heavy (non-hydrogen) atoms. The molecule has 0 aromatic carbocycles. The maximum atomic E-state index is 12.0. The van der Waals surface area contributed by atoms with Crippen molar-refractivity contribution in [2.75, 3.05) is 36.5 Å². The van der Waals surface area contributed by atoms with E-state index in [0.717, 1.165) is 44.8 Å². The number of amides is 1. The molecule has 1 aromatic rings. The van der Waals surface area contributed by atoms with Crippen molar-refractivity contribution in [3.63, 3.8) is 0 Å². The van der Waals surface area contributed by atoms with Crippen molar-refractivity contribution < 1.29 is 9.53 Å². The lowest BCUT2D eigenvalue weighted by Crippen LogP contribution is -2.36. The standard InChI is InChI=1S/C15H23N3O2/c1-3-12(4-2)15(19)17-14-6-5-13(11-16-14)18-7-9-20-10-8-18/h5-6,11-12H,3-4,7-10H2,1-2H3,(H,16,17,19). The number of hydrogen-bond acceptors (Lipinski definition) is 4. The number of morpholine rings is 1. The van der Waals surface area contributed by atoms with Gasteiger partial charge in [0.15, 0.2) is 0 Å². The number of hydrogen-bond donors (Lipinski definition) is 1. The zero-order valence-electron chi connectivity index (χ0n) is 12.3. The van der Waals surface area contributed by atoms with E-state index in [1.807, 2.05) is 32.2 Å². The van der Waals surface area contributed by atoms with Crippen LogP contribution in [0.25, 0.3) is 0 Å². The third kappa shape index (κ3) is 3.70. The van der Waals surface area contributed by atoms with Crippen molar-refractivity contribution in [3.8, 4) is 0 Å². The normalized spacial score (nSPS) is 15.4. The number of rotatable bonds is 5. The van der Waals surface area contributed by atoms with Gasteiger partial charge in [-0.1, -0.05) is 13.8 Å². The Morgan fingerprint density at radius 2 is 2.05 bits per heavy atom. The first-order valence-electron chi connectivity index (χ1n) is 7.34. The molecule has 5 heteroatoms. The van der Waals surface area contributed by atoms with Crippen LogP contribution in [-0.2, 0) is 9.53 Å². The summed E-state index contributed by atoms with van der Waals surface area (Å²) in [6, 6.07) is 3.87. The van der Waals surface area contributed by atoms with E-state index in [1.54, 1.807) is 0 Å². The minimum atomic E-state index is 0.0571. The molecule has 1 aromatic heterocycles. The first-order chi connectivity index (χ1) is 9.74. The average molecular weight is 277 g/mol. The van der Waals surface area contributed by atoms with E-state index in [9.17, 15) is 4.79 Å². The minimum Gasteiger partial charge on any atom is -0.378 e. The highest BCUT2D eigenvalue weighted by Gasteiger charge is 2.15. The van der Waals surface area contributed by atoms with Gasteiger partial charge in [-0.25, -0.2) is 4.98 Å². The number of nitrogens with zero attached hydrogens (tertiary/aromatic N) is 2. The summed E-state index contributed by atoms with van der Waals surface area (Å²) in [6.45, 7) is 7.36. The van der Waals surface area contributed by atoms with Gasteiger partial charge in [-0.05, 0) is 25.0 Å². The van der Waals surface area contributed by atoms with E-state index in [2.05, 4.69) is 15.2 Å². The smallest absolute Gasteiger partial charge is 0.228 e. The number of aromatic nitrogens is 1. The second-order valence-electron chi connectivity index (χ2n) is 5.00. The van der Waals surface area contributed by atoms with Crippen molar-refractivity contribution in [2.45, 2.75) is 26.7 Å². The first-order valence-corrected chi connectivity index (χ1v) is 7.34. The van der Waals surface area contributed by atoms with Crippen molar-refractivity contribution in [1.82, 2.24) is 4.98 Å². The summed E-state index contributed by atoms with van der Waals surface area (Å²) >= 11 is 0. The van der Waals surface area contributed by atoms with Gasteiger partial charge in [0.2, 0.25) is 5.91 Å². The Bertz CT molecular complexity index is 423. The molecule has 0 unspecified atom stereocenters. The van der Waals surface area contributed by atoms with Crippen LogP contribution in [0.3, 0.4) is 0 Å². The molecule has 0 aliphatic carbocycles. The van der Waals surface area contributed by atoms with Gasteiger partial charge >= 0.3 is 0 Å². The molecular weight excluding hydrogens is 254 g/mol. The molecule has 1 aliphatic heterocycles. The molecule has 2 rings (SSSR count). The Labute approximate surface area is 120 Å². The van der Waals surface area contributed by atoms with Gasteiger partial charge in [-0.2, -0.15) is 0 Å². The zero-order chi connectivity index (χ0) is 14.4. The van der Waals surface area contributed by atoms with Crippen LogP contribution in [0.4, 0.5) is 11.5 Å². The molecule has 1 fully saturated rings. The highest BCUT2D eigenvalue weighted by atomic mass is 16.5. The Kier molecular flexibility index (Phi) is 5.35. The lowest BCUT2D eigenvalue weighted by atomic mass is 10.0. The van der Waals surface area contributed by atoms with Crippen LogP contribution in [-0.4, -0.2) is 37.2 Å². The van der Waals surface area contributed by atoms with E-state index in [0.29, 0.717) is 5.82 Å². The summed E-state index contributed by atoms with van der Waals surface area (Å²) in [5, 5.41) is 2.88. The van der Waals surface area contributed by atoms with Crippen molar-refractivity contribution in [1.29, 1.82) is 0 Å². The van der Waals surface area contributed by atoms with Crippen LogP contribution in [0.1, 0.15) is 26.7 Å². The van der Waals surface area contributed by atoms with Gasteiger partial charge in [-0.3, -0.25) is 4.79 Å². The predicted octanol–water partition coefficient (Wildman–Crippen LogP) is 2.29.